The Hall–Kier alpha value is -3.89. The van der Waals surface area contributed by atoms with Gasteiger partial charge < -0.3 is 15.0 Å². The number of methoxy groups -OCH3 is 1. The Bertz CT molecular complexity index is 1540. The summed E-state index contributed by atoms with van der Waals surface area (Å²) in [5, 5.41) is 2.50. The van der Waals surface area contributed by atoms with E-state index in [-0.39, 0.29) is 34.6 Å². The van der Waals surface area contributed by atoms with Crippen molar-refractivity contribution < 1.29 is 9.13 Å². The third-order valence-electron chi connectivity index (χ3n) is 5.11. The molecule has 2 aromatic heterocycles. The van der Waals surface area contributed by atoms with Gasteiger partial charge in [0.05, 0.1) is 30.2 Å². The van der Waals surface area contributed by atoms with E-state index in [1.807, 2.05) is 0 Å². The zero-order valence-corrected chi connectivity index (χ0v) is 19.7. The molecule has 4 rings (SSSR count). The van der Waals surface area contributed by atoms with Gasteiger partial charge in [-0.05, 0) is 48.0 Å². The van der Waals surface area contributed by atoms with Crippen LogP contribution >= 0.6 is 23.2 Å². The van der Waals surface area contributed by atoms with Crippen molar-refractivity contribution in [2.24, 2.45) is 0 Å². The number of hydrogen-bond acceptors (Lipinski definition) is 6. The molecule has 35 heavy (non-hydrogen) atoms. The molecule has 0 aliphatic rings. The van der Waals surface area contributed by atoms with Crippen molar-refractivity contribution in [1.29, 1.82) is 0 Å². The maximum absolute atomic E-state index is 13.9. The highest BCUT2D eigenvalue weighted by molar-refractivity contribution is 6.35. The molecule has 0 amide bonds. The number of halogens is 3. The first-order valence-electron chi connectivity index (χ1n) is 10.2. The second-order valence-corrected chi connectivity index (χ2v) is 8.24. The van der Waals surface area contributed by atoms with Crippen molar-refractivity contribution in [3.05, 3.63) is 113 Å². The second kappa shape index (κ2) is 10.2. The number of anilines is 2. The maximum Gasteiger partial charge on any atom is 0.355 e. The number of hydrogen-bond donors (Lipinski definition) is 2. The lowest BCUT2D eigenvalue weighted by Crippen LogP contribution is -2.43. The third-order valence-corrected chi connectivity index (χ3v) is 5.66. The van der Waals surface area contributed by atoms with Gasteiger partial charge in [0.1, 0.15) is 5.75 Å². The lowest BCUT2D eigenvalue weighted by molar-refractivity contribution is 0.415. The number of nitrogens with zero attached hydrogens (tertiary/aromatic N) is 3. The number of aromatic nitrogens is 4. The van der Waals surface area contributed by atoms with Crippen LogP contribution in [0.1, 0.15) is 11.1 Å². The molecule has 0 aliphatic heterocycles. The molecule has 0 atom stereocenters. The Morgan fingerprint density at radius 1 is 1.03 bits per heavy atom. The molecule has 0 saturated heterocycles. The first-order valence-corrected chi connectivity index (χ1v) is 10.9. The molecule has 12 heteroatoms. The van der Waals surface area contributed by atoms with Crippen LogP contribution in [0.5, 0.6) is 5.75 Å². The van der Waals surface area contributed by atoms with Crippen LogP contribution in [0.4, 0.5) is 16.0 Å². The van der Waals surface area contributed by atoms with E-state index in [2.05, 4.69) is 15.3 Å². The summed E-state index contributed by atoms with van der Waals surface area (Å²) in [5.41, 5.74) is -0.933. The molecular formula is C23H18Cl2FN5O4. The molecule has 0 saturated carbocycles. The van der Waals surface area contributed by atoms with Crippen molar-refractivity contribution >= 4 is 34.8 Å². The van der Waals surface area contributed by atoms with E-state index in [0.717, 1.165) is 4.57 Å². The summed E-state index contributed by atoms with van der Waals surface area (Å²) in [5.74, 6) is -0.243. The maximum atomic E-state index is 13.9. The normalized spacial score (nSPS) is 10.9. The number of nitrogens with one attached hydrogen (secondary N) is 2. The van der Waals surface area contributed by atoms with E-state index in [1.54, 1.807) is 30.3 Å². The number of pyridine rings is 1. The Labute approximate surface area is 207 Å². The highest BCUT2D eigenvalue weighted by Gasteiger charge is 2.17. The van der Waals surface area contributed by atoms with Gasteiger partial charge in [0, 0.05) is 17.4 Å². The van der Waals surface area contributed by atoms with Crippen LogP contribution in [0.25, 0.3) is 0 Å². The van der Waals surface area contributed by atoms with Gasteiger partial charge in [-0.1, -0.05) is 29.3 Å². The summed E-state index contributed by atoms with van der Waals surface area (Å²) in [6.45, 7) is -0.440. The molecule has 2 heterocycles. The largest absolute Gasteiger partial charge is 0.497 e. The predicted octanol–water partition coefficient (Wildman–Crippen LogP) is 3.39. The first-order chi connectivity index (χ1) is 16.8. The SMILES string of the molecule is COc1ccc(Nc2nc(=O)n(Cc3ccc[nH]c3=O)c(=O)n2Cc2cc(Cl)c(F)c(Cl)c2)cc1. The number of rotatable bonds is 7. The minimum Gasteiger partial charge on any atom is -0.497 e. The second-order valence-electron chi connectivity index (χ2n) is 7.42. The van der Waals surface area contributed by atoms with Crippen LogP contribution in [0.3, 0.4) is 0 Å². The van der Waals surface area contributed by atoms with Crippen LogP contribution in [0, 0.1) is 5.82 Å². The minimum absolute atomic E-state index is 0.0695. The van der Waals surface area contributed by atoms with Gasteiger partial charge in [-0.25, -0.2) is 18.5 Å². The molecule has 0 spiro atoms. The van der Waals surface area contributed by atoms with E-state index < -0.39 is 22.8 Å². The molecular weight excluding hydrogens is 500 g/mol. The molecule has 0 unspecified atom stereocenters. The summed E-state index contributed by atoms with van der Waals surface area (Å²) in [4.78, 5) is 44.9. The van der Waals surface area contributed by atoms with Crippen molar-refractivity contribution in [2.75, 3.05) is 12.4 Å². The van der Waals surface area contributed by atoms with Crippen LogP contribution in [-0.4, -0.2) is 26.2 Å². The average Bonchev–Trinajstić information content (AvgIpc) is 2.84. The van der Waals surface area contributed by atoms with Gasteiger partial charge in [-0.15, -0.1) is 0 Å². The van der Waals surface area contributed by atoms with E-state index in [1.165, 1.54) is 36.1 Å². The predicted molar refractivity (Wildman–Crippen MR) is 131 cm³/mol. The zero-order valence-electron chi connectivity index (χ0n) is 18.2. The standard InChI is InChI=1S/C23H18Cl2FN5O4/c1-35-16-6-4-15(5-7-16)28-21-29-22(33)31(12-14-3-2-8-27-20(14)32)23(34)30(21)11-13-9-17(24)19(26)18(25)10-13/h2-10H,11-12H2,1H3,(H,27,32)(H,28,29,33). The highest BCUT2D eigenvalue weighted by Crippen LogP contribution is 2.25. The van der Waals surface area contributed by atoms with Gasteiger partial charge in [0.2, 0.25) is 5.95 Å². The monoisotopic (exact) mass is 517 g/mol. The number of aromatic amines is 1. The fraction of sp³-hybridized carbons (Fsp3) is 0.130. The van der Waals surface area contributed by atoms with Crippen molar-refractivity contribution in [2.45, 2.75) is 13.1 Å². The van der Waals surface area contributed by atoms with Gasteiger partial charge in [-0.3, -0.25) is 9.36 Å². The van der Waals surface area contributed by atoms with E-state index in [9.17, 15) is 18.8 Å². The molecule has 0 radical (unpaired) electrons. The molecule has 4 aromatic rings. The summed E-state index contributed by atoms with van der Waals surface area (Å²) in [6, 6.07) is 12.5. The highest BCUT2D eigenvalue weighted by atomic mass is 35.5. The van der Waals surface area contributed by atoms with Crippen molar-refractivity contribution in [3.8, 4) is 5.75 Å². The number of ether oxygens (including phenoxy) is 1. The Morgan fingerprint density at radius 2 is 1.71 bits per heavy atom. The summed E-state index contributed by atoms with van der Waals surface area (Å²) >= 11 is 11.8. The van der Waals surface area contributed by atoms with Crippen molar-refractivity contribution in [1.82, 2.24) is 19.1 Å². The van der Waals surface area contributed by atoms with Crippen LogP contribution < -0.4 is 27.0 Å². The van der Waals surface area contributed by atoms with Gasteiger partial charge in [-0.2, -0.15) is 4.98 Å². The van der Waals surface area contributed by atoms with Crippen LogP contribution in [-0.2, 0) is 13.1 Å². The number of H-pyrrole nitrogens is 1. The molecule has 0 aliphatic carbocycles. The van der Waals surface area contributed by atoms with E-state index in [0.29, 0.717) is 17.0 Å². The van der Waals surface area contributed by atoms with Gasteiger partial charge >= 0.3 is 11.4 Å². The number of benzene rings is 2. The van der Waals surface area contributed by atoms with Crippen molar-refractivity contribution in [3.63, 3.8) is 0 Å². The fourth-order valence-corrected chi connectivity index (χ4v) is 3.87. The quantitative estimate of drug-likeness (QED) is 0.363. The Morgan fingerprint density at radius 3 is 2.34 bits per heavy atom. The van der Waals surface area contributed by atoms with Crippen LogP contribution in [0.15, 0.2) is 69.1 Å². The lowest BCUT2D eigenvalue weighted by atomic mass is 10.2. The van der Waals surface area contributed by atoms with Gasteiger partial charge in [0.25, 0.3) is 5.56 Å². The zero-order chi connectivity index (χ0) is 25.1. The molecule has 9 nitrogen and oxygen atoms in total. The third kappa shape index (κ3) is 5.28. The smallest absolute Gasteiger partial charge is 0.355 e. The molecule has 2 aromatic carbocycles. The van der Waals surface area contributed by atoms with E-state index in [4.69, 9.17) is 27.9 Å². The molecule has 0 fully saturated rings. The molecule has 2 N–H and O–H groups in total. The topological polar surface area (TPSA) is 111 Å². The van der Waals surface area contributed by atoms with Gasteiger partial charge in [0.15, 0.2) is 5.82 Å². The summed E-state index contributed by atoms with van der Waals surface area (Å²) in [6.07, 6.45) is 1.44. The summed E-state index contributed by atoms with van der Waals surface area (Å²) in [7, 11) is 1.53. The average molecular weight is 518 g/mol. The molecule has 0 bridgehead atoms. The van der Waals surface area contributed by atoms with Crippen LogP contribution in [0.2, 0.25) is 10.0 Å². The minimum atomic E-state index is -0.860. The summed E-state index contributed by atoms with van der Waals surface area (Å²) < 4.78 is 21.0. The Kier molecular flexibility index (Phi) is 7.04. The fourth-order valence-electron chi connectivity index (χ4n) is 3.34. The van der Waals surface area contributed by atoms with E-state index >= 15 is 0 Å². The Balaban J connectivity index is 1.83. The first kappa shape index (κ1) is 24.2. The molecule has 180 valence electrons. The lowest BCUT2D eigenvalue weighted by Gasteiger charge is -2.16.